The Labute approximate surface area is 117 Å². The number of carbonyl (C=O) groups is 1. The lowest BCUT2D eigenvalue weighted by atomic mass is 10.3. The predicted molar refractivity (Wildman–Crippen MR) is 70.4 cm³/mol. The van der Waals surface area contributed by atoms with Gasteiger partial charge >= 0.3 is 0 Å². The molecule has 19 heavy (non-hydrogen) atoms. The predicted octanol–water partition coefficient (Wildman–Crippen LogP) is 2.98. The number of halogens is 2. The van der Waals surface area contributed by atoms with Crippen molar-refractivity contribution in [2.24, 2.45) is 0 Å². The molecule has 1 N–H and O–H groups in total. The van der Waals surface area contributed by atoms with E-state index in [2.05, 4.69) is 15.5 Å². The van der Waals surface area contributed by atoms with Gasteiger partial charge in [-0.1, -0.05) is 11.3 Å². The van der Waals surface area contributed by atoms with Gasteiger partial charge in [0.1, 0.15) is 0 Å². The Morgan fingerprint density at radius 2 is 2.32 bits per heavy atom. The molecule has 2 rings (SSSR count). The zero-order chi connectivity index (χ0) is 13.8. The molecule has 8 heteroatoms. The van der Waals surface area contributed by atoms with Crippen molar-refractivity contribution in [3.63, 3.8) is 0 Å². The summed E-state index contributed by atoms with van der Waals surface area (Å²) >= 11 is 6.52. The molecule has 0 fully saturated rings. The first-order chi connectivity index (χ1) is 9.10. The van der Waals surface area contributed by atoms with E-state index in [4.69, 9.17) is 16.3 Å². The van der Waals surface area contributed by atoms with Crippen molar-refractivity contribution in [3.05, 3.63) is 33.5 Å². The van der Waals surface area contributed by atoms with Gasteiger partial charge in [0.2, 0.25) is 9.47 Å². The molecule has 5 nitrogen and oxygen atoms in total. The third kappa shape index (κ3) is 3.39. The van der Waals surface area contributed by atoms with Crippen molar-refractivity contribution < 1.29 is 13.9 Å². The summed E-state index contributed by atoms with van der Waals surface area (Å²) in [6.07, 6.45) is 0. The number of amides is 1. The summed E-state index contributed by atoms with van der Waals surface area (Å²) in [5.41, 5.74) is 0.303. The number of hydrogen-bond acceptors (Lipinski definition) is 5. The fourth-order valence-electron chi connectivity index (χ4n) is 1.33. The number of nitrogens with one attached hydrogen (secondary N) is 1. The highest BCUT2D eigenvalue weighted by atomic mass is 35.5. The van der Waals surface area contributed by atoms with E-state index in [1.54, 1.807) is 6.92 Å². The highest BCUT2D eigenvalue weighted by molar-refractivity contribution is 7.17. The largest absolute Gasteiger partial charge is 0.491 e. The maximum atomic E-state index is 13.6. The molecule has 2 aromatic rings. The first-order valence-corrected chi connectivity index (χ1v) is 6.52. The number of anilines is 1. The second kappa shape index (κ2) is 5.94. The summed E-state index contributed by atoms with van der Waals surface area (Å²) < 4.78 is 18.8. The summed E-state index contributed by atoms with van der Waals surface area (Å²) in [6, 6.07) is 4.15. The second-order valence-corrected chi connectivity index (χ2v) is 4.95. The molecule has 1 heterocycles. The van der Waals surface area contributed by atoms with Gasteiger partial charge in [0, 0.05) is 11.8 Å². The summed E-state index contributed by atoms with van der Waals surface area (Å²) in [5.74, 6) is -0.901. The normalized spacial score (nSPS) is 10.3. The highest BCUT2D eigenvalue weighted by Crippen LogP contribution is 2.22. The van der Waals surface area contributed by atoms with Gasteiger partial charge in [-0.25, -0.2) is 4.39 Å². The van der Waals surface area contributed by atoms with E-state index in [0.717, 1.165) is 11.3 Å². The molecule has 1 amide bonds. The fourth-order valence-corrected chi connectivity index (χ4v) is 2.06. The smallest absolute Gasteiger partial charge is 0.286 e. The van der Waals surface area contributed by atoms with Gasteiger partial charge in [0.05, 0.1) is 6.61 Å². The minimum absolute atomic E-state index is 0.110. The van der Waals surface area contributed by atoms with Crippen molar-refractivity contribution in [2.75, 3.05) is 11.9 Å². The van der Waals surface area contributed by atoms with Crippen LogP contribution >= 0.6 is 22.9 Å². The second-order valence-electron chi connectivity index (χ2n) is 3.39. The van der Waals surface area contributed by atoms with E-state index in [0.29, 0.717) is 12.3 Å². The monoisotopic (exact) mass is 301 g/mol. The number of hydrogen-bond donors (Lipinski definition) is 1. The van der Waals surface area contributed by atoms with E-state index in [1.165, 1.54) is 18.2 Å². The molecule has 0 saturated carbocycles. The SMILES string of the molecule is CCOc1ccc(NC(=O)c2nnc(Cl)s2)cc1F. The lowest BCUT2D eigenvalue weighted by Crippen LogP contribution is -2.11. The van der Waals surface area contributed by atoms with Gasteiger partial charge < -0.3 is 10.1 Å². The van der Waals surface area contributed by atoms with E-state index in [1.807, 2.05) is 0 Å². The molecule has 0 saturated heterocycles. The van der Waals surface area contributed by atoms with Crippen LogP contribution in [0.5, 0.6) is 5.75 Å². The van der Waals surface area contributed by atoms with Crippen molar-refractivity contribution in [2.45, 2.75) is 6.92 Å². The van der Waals surface area contributed by atoms with Gasteiger partial charge in [-0.3, -0.25) is 4.79 Å². The standard InChI is InChI=1S/C11H9ClFN3O2S/c1-2-18-8-4-3-6(5-7(8)13)14-9(17)10-15-16-11(12)19-10/h3-5H,2H2,1H3,(H,14,17). The summed E-state index contributed by atoms with van der Waals surface area (Å²) in [4.78, 5) is 11.7. The maximum absolute atomic E-state index is 13.6. The minimum atomic E-state index is -0.546. The Kier molecular flexibility index (Phi) is 4.28. The van der Waals surface area contributed by atoms with Crippen molar-refractivity contribution in [1.29, 1.82) is 0 Å². The topological polar surface area (TPSA) is 64.1 Å². The molecule has 0 bridgehead atoms. The third-order valence-corrected chi connectivity index (χ3v) is 3.10. The van der Waals surface area contributed by atoms with Crippen LogP contribution in [-0.2, 0) is 0 Å². The highest BCUT2D eigenvalue weighted by Gasteiger charge is 2.13. The molecule has 1 aromatic heterocycles. The summed E-state index contributed by atoms with van der Waals surface area (Å²) in [6.45, 7) is 2.13. The van der Waals surface area contributed by atoms with Crippen LogP contribution in [0.3, 0.4) is 0 Å². The van der Waals surface area contributed by atoms with Crippen LogP contribution in [0.15, 0.2) is 18.2 Å². The van der Waals surface area contributed by atoms with Crippen molar-refractivity contribution in [3.8, 4) is 5.75 Å². The van der Waals surface area contributed by atoms with Crippen LogP contribution in [0, 0.1) is 5.82 Å². The number of nitrogens with zero attached hydrogens (tertiary/aromatic N) is 2. The van der Waals surface area contributed by atoms with Crippen LogP contribution < -0.4 is 10.1 Å². The quantitative estimate of drug-likeness (QED) is 0.943. The minimum Gasteiger partial charge on any atom is -0.491 e. The Hall–Kier alpha value is -1.73. The first-order valence-electron chi connectivity index (χ1n) is 5.33. The Morgan fingerprint density at radius 1 is 1.53 bits per heavy atom. The van der Waals surface area contributed by atoms with Gasteiger partial charge in [-0.15, -0.1) is 10.2 Å². The van der Waals surface area contributed by atoms with Crippen LogP contribution in [0.4, 0.5) is 10.1 Å². The molecule has 0 atom stereocenters. The fraction of sp³-hybridized carbons (Fsp3) is 0.182. The van der Waals surface area contributed by atoms with Gasteiger partial charge in [-0.05, 0) is 30.7 Å². The molecular weight excluding hydrogens is 293 g/mol. The molecule has 0 radical (unpaired) electrons. The summed E-state index contributed by atoms with van der Waals surface area (Å²) in [5, 5.41) is 9.71. The van der Waals surface area contributed by atoms with Gasteiger partial charge in [0.15, 0.2) is 11.6 Å². The molecule has 0 aliphatic heterocycles. The third-order valence-electron chi connectivity index (χ3n) is 2.08. The lowest BCUT2D eigenvalue weighted by Gasteiger charge is -2.07. The lowest BCUT2D eigenvalue weighted by molar-refractivity contribution is 0.102. The molecular formula is C11H9ClFN3O2S. The van der Waals surface area contributed by atoms with Gasteiger partial charge in [0.25, 0.3) is 5.91 Å². The molecule has 0 aliphatic carbocycles. The Morgan fingerprint density at radius 3 is 2.89 bits per heavy atom. The van der Waals surface area contributed by atoms with Gasteiger partial charge in [-0.2, -0.15) is 0 Å². The molecule has 0 aliphatic rings. The van der Waals surface area contributed by atoms with Crippen molar-refractivity contribution in [1.82, 2.24) is 10.2 Å². The van der Waals surface area contributed by atoms with Crippen molar-refractivity contribution >= 4 is 34.5 Å². The van der Waals surface area contributed by atoms with Crippen LogP contribution in [0.1, 0.15) is 16.7 Å². The number of rotatable bonds is 4. The molecule has 100 valence electrons. The Bertz CT molecular complexity index is 605. The number of aromatic nitrogens is 2. The van der Waals surface area contributed by atoms with E-state index >= 15 is 0 Å². The number of ether oxygens (including phenoxy) is 1. The van der Waals surface area contributed by atoms with Crippen LogP contribution in [0.2, 0.25) is 4.47 Å². The first kappa shape index (κ1) is 13.7. The number of benzene rings is 1. The average Bonchev–Trinajstić information content (AvgIpc) is 2.80. The molecule has 0 spiro atoms. The van der Waals surface area contributed by atoms with Crippen LogP contribution in [0.25, 0.3) is 0 Å². The number of carbonyl (C=O) groups excluding carboxylic acids is 1. The zero-order valence-electron chi connectivity index (χ0n) is 9.81. The van der Waals surface area contributed by atoms with E-state index in [-0.39, 0.29) is 15.2 Å². The molecule has 1 aromatic carbocycles. The molecule has 0 unspecified atom stereocenters. The maximum Gasteiger partial charge on any atom is 0.286 e. The average molecular weight is 302 g/mol. The van der Waals surface area contributed by atoms with E-state index < -0.39 is 11.7 Å². The van der Waals surface area contributed by atoms with Crippen LogP contribution in [-0.4, -0.2) is 22.7 Å². The Balaban J connectivity index is 2.11. The summed E-state index contributed by atoms with van der Waals surface area (Å²) in [7, 11) is 0. The zero-order valence-corrected chi connectivity index (χ0v) is 11.4. The van der Waals surface area contributed by atoms with E-state index in [9.17, 15) is 9.18 Å².